The van der Waals surface area contributed by atoms with Crippen molar-refractivity contribution >= 4 is 21.6 Å². The van der Waals surface area contributed by atoms with Crippen LogP contribution in [0.4, 0.5) is 0 Å². The minimum Gasteiger partial charge on any atom is -0.249 e. The largest absolute Gasteiger partial charge is 0.249 e. The van der Waals surface area contributed by atoms with Gasteiger partial charge < -0.3 is 0 Å². The van der Waals surface area contributed by atoms with E-state index in [1.807, 2.05) is 20.9 Å². The number of benzene rings is 1. The summed E-state index contributed by atoms with van der Waals surface area (Å²) in [4.78, 5) is 8.92. The second-order valence-electron chi connectivity index (χ2n) is 4.02. The maximum absolute atomic E-state index is 4.50. The average molecular weight is 244 g/mol. The van der Waals surface area contributed by atoms with Crippen molar-refractivity contribution in [1.82, 2.24) is 19.7 Å². The van der Waals surface area contributed by atoms with E-state index in [2.05, 4.69) is 33.3 Å². The van der Waals surface area contributed by atoms with Gasteiger partial charge in [-0.3, -0.25) is 0 Å². The van der Waals surface area contributed by atoms with Crippen LogP contribution in [-0.2, 0) is 7.05 Å². The molecule has 0 amide bonds. The Hall–Kier alpha value is -1.75. The lowest BCUT2D eigenvalue weighted by molar-refractivity contribution is 0.764. The molecule has 0 atom stereocenters. The van der Waals surface area contributed by atoms with Gasteiger partial charge in [0, 0.05) is 12.6 Å². The van der Waals surface area contributed by atoms with E-state index >= 15 is 0 Å². The third-order valence-electron chi connectivity index (χ3n) is 2.62. The third-order valence-corrected chi connectivity index (χ3v) is 3.57. The van der Waals surface area contributed by atoms with E-state index in [0.29, 0.717) is 0 Å². The molecule has 0 fully saturated rings. The van der Waals surface area contributed by atoms with Crippen LogP contribution in [0.25, 0.3) is 21.6 Å². The molecule has 1 aromatic carbocycles. The summed E-state index contributed by atoms with van der Waals surface area (Å²) in [6.07, 6.45) is 0. The number of nitrogens with zero attached hydrogens (tertiary/aromatic N) is 4. The van der Waals surface area contributed by atoms with Crippen molar-refractivity contribution in [2.45, 2.75) is 13.8 Å². The molecule has 86 valence electrons. The normalized spacial score (nSPS) is 11.2. The van der Waals surface area contributed by atoms with Crippen molar-refractivity contribution in [1.29, 1.82) is 0 Å². The first kappa shape index (κ1) is 10.4. The predicted molar refractivity (Wildman–Crippen MR) is 69.1 cm³/mol. The van der Waals surface area contributed by atoms with E-state index in [1.165, 1.54) is 4.70 Å². The highest BCUT2D eigenvalue weighted by Gasteiger charge is 2.09. The van der Waals surface area contributed by atoms with Crippen LogP contribution in [0.15, 0.2) is 18.2 Å². The van der Waals surface area contributed by atoms with Crippen LogP contribution in [0.1, 0.15) is 10.8 Å². The lowest BCUT2D eigenvalue weighted by Gasteiger charge is -1.99. The van der Waals surface area contributed by atoms with Gasteiger partial charge in [-0.2, -0.15) is 5.10 Å². The van der Waals surface area contributed by atoms with E-state index in [9.17, 15) is 0 Å². The summed E-state index contributed by atoms with van der Waals surface area (Å²) < 4.78 is 3.01. The number of hydrogen-bond donors (Lipinski definition) is 0. The van der Waals surface area contributed by atoms with Gasteiger partial charge in [0.2, 0.25) is 0 Å². The predicted octanol–water partition coefficient (Wildman–Crippen LogP) is 2.71. The summed E-state index contributed by atoms with van der Waals surface area (Å²) in [6.45, 7) is 3.92. The van der Waals surface area contributed by atoms with Gasteiger partial charge in [0.05, 0.1) is 15.2 Å². The molecule has 17 heavy (non-hydrogen) atoms. The van der Waals surface area contributed by atoms with Gasteiger partial charge in [-0.15, -0.1) is 11.3 Å². The van der Waals surface area contributed by atoms with Gasteiger partial charge >= 0.3 is 0 Å². The molecule has 0 spiro atoms. The van der Waals surface area contributed by atoms with Crippen LogP contribution in [0.2, 0.25) is 0 Å². The first-order valence-corrected chi connectivity index (χ1v) is 6.20. The fraction of sp³-hybridized carbons (Fsp3) is 0.250. The second-order valence-corrected chi connectivity index (χ2v) is 5.26. The van der Waals surface area contributed by atoms with Crippen LogP contribution < -0.4 is 0 Å². The molecule has 0 N–H and O–H groups in total. The van der Waals surface area contributed by atoms with Crippen molar-refractivity contribution in [3.63, 3.8) is 0 Å². The van der Waals surface area contributed by atoms with Gasteiger partial charge in [0.1, 0.15) is 5.82 Å². The Labute approximate surface area is 103 Å². The molecule has 0 aliphatic carbocycles. The van der Waals surface area contributed by atoms with Crippen molar-refractivity contribution in [3.05, 3.63) is 29.0 Å². The zero-order chi connectivity index (χ0) is 12.0. The molecule has 2 heterocycles. The quantitative estimate of drug-likeness (QED) is 0.661. The smallest absolute Gasteiger partial charge is 0.158 e. The number of aryl methyl sites for hydroxylation is 3. The second kappa shape index (κ2) is 3.63. The maximum Gasteiger partial charge on any atom is 0.158 e. The van der Waals surface area contributed by atoms with Gasteiger partial charge in [-0.25, -0.2) is 14.6 Å². The van der Waals surface area contributed by atoms with Gasteiger partial charge in [-0.05, 0) is 32.0 Å². The zero-order valence-electron chi connectivity index (χ0n) is 9.93. The third kappa shape index (κ3) is 1.72. The Kier molecular flexibility index (Phi) is 2.22. The Bertz CT molecular complexity index is 696. The van der Waals surface area contributed by atoms with Crippen LogP contribution in [0.5, 0.6) is 0 Å². The molecule has 0 radical (unpaired) electrons. The van der Waals surface area contributed by atoms with E-state index in [-0.39, 0.29) is 0 Å². The summed E-state index contributed by atoms with van der Waals surface area (Å²) in [5.74, 6) is 1.67. The Balaban J connectivity index is 2.20. The van der Waals surface area contributed by atoms with Crippen LogP contribution in [0.3, 0.4) is 0 Å². The van der Waals surface area contributed by atoms with Crippen LogP contribution in [-0.4, -0.2) is 19.7 Å². The van der Waals surface area contributed by atoms with Crippen molar-refractivity contribution < 1.29 is 0 Å². The highest BCUT2D eigenvalue weighted by molar-refractivity contribution is 7.18. The molecular weight excluding hydrogens is 232 g/mol. The number of rotatable bonds is 1. The van der Waals surface area contributed by atoms with E-state index in [4.69, 9.17) is 0 Å². The number of fused-ring (bicyclic) bond motifs is 1. The summed E-state index contributed by atoms with van der Waals surface area (Å²) >= 11 is 1.71. The number of aromatic nitrogens is 4. The Morgan fingerprint density at radius 3 is 2.71 bits per heavy atom. The van der Waals surface area contributed by atoms with Crippen LogP contribution in [0, 0.1) is 13.8 Å². The highest BCUT2D eigenvalue weighted by Crippen LogP contribution is 2.26. The fourth-order valence-corrected chi connectivity index (χ4v) is 2.75. The van der Waals surface area contributed by atoms with Gasteiger partial charge in [-0.1, -0.05) is 0 Å². The Morgan fingerprint density at radius 2 is 2.00 bits per heavy atom. The molecule has 0 saturated heterocycles. The molecule has 0 aliphatic rings. The highest BCUT2D eigenvalue weighted by atomic mass is 32.1. The molecular formula is C12H12N4S. The standard InChI is InChI=1S/C12H12N4S/c1-7-13-12(16(3)15-7)9-4-5-11-10(6-9)14-8(2)17-11/h4-6H,1-3H3. The SMILES string of the molecule is Cc1nc(-c2ccc3sc(C)nc3c2)n(C)n1. The van der Waals surface area contributed by atoms with Crippen molar-refractivity contribution in [2.75, 3.05) is 0 Å². The first-order chi connectivity index (χ1) is 8.13. The molecule has 0 unspecified atom stereocenters. The summed E-state index contributed by atoms with van der Waals surface area (Å²) in [7, 11) is 1.91. The van der Waals surface area contributed by atoms with E-state index in [0.717, 1.165) is 27.7 Å². The first-order valence-electron chi connectivity index (χ1n) is 5.39. The van der Waals surface area contributed by atoms with E-state index < -0.39 is 0 Å². The summed E-state index contributed by atoms with van der Waals surface area (Å²) in [6, 6.07) is 6.24. The monoisotopic (exact) mass is 244 g/mol. The van der Waals surface area contributed by atoms with Gasteiger partial charge in [0.25, 0.3) is 0 Å². The lowest BCUT2D eigenvalue weighted by atomic mass is 10.2. The fourth-order valence-electron chi connectivity index (χ4n) is 1.95. The lowest BCUT2D eigenvalue weighted by Crippen LogP contribution is -1.94. The van der Waals surface area contributed by atoms with Crippen LogP contribution >= 0.6 is 11.3 Å². The molecule has 5 heteroatoms. The topological polar surface area (TPSA) is 43.6 Å². The molecule has 4 nitrogen and oxygen atoms in total. The molecule has 0 bridgehead atoms. The molecule has 2 aromatic heterocycles. The van der Waals surface area contributed by atoms with Crippen molar-refractivity contribution in [3.8, 4) is 11.4 Å². The average Bonchev–Trinajstić information content (AvgIpc) is 2.78. The number of thiazole rings is 1. The minimum absolute atomic E-state index is 0.789. The molecule has 0 saturated carbocycles. The van der Waals surface area contributed by atoms with E-state index in [1.54, 1.807) is 16.0 Å². The summed E-state index contributed by atoms with van der Waals surface area (Å²) in [5, 5.41) is 5.35. The molecule has 0 aliphatic heterocycles. The summed E-state index contributed by atoms with van der Waals surface area (Å²) in [5.41, 5.74) is 2.09. The van der Waals surface area contributed by atoms with Gasteiger partial charge in [0.15, 0.2) is 5.82 Å². The molecule has 3 aromatic rings. The Morgan fingerprint density at radius 1 is 1.18 bits per heavy atom. The molecule has 3 rings (SSSR count). The van der Waals surface area contributed by atoms with Crippen molar-refractivity contribution in [2.24, 2.45) is 7.05 Å². The zero-order valence-corrected chi connectivity index (χ0v) is 10.7. The maximum atomic E-state index is 4.50. The minimum atomic E-state index is 0.789. The number of hydrogen-bond acceptors (Lipinski definition) is 4.